The van der Waals surface area contributed by atoms with Crippen molar-refractivity contribution in [3.63, 3.8) is 0 Å². The van der Waals surface area contributed by atoms with Gasteiger partial charge in [-0.15, -0.1) is 0 Å². The van der Waals surface area contributed by atoms with E-state index in [1.165, 1.54) is 51.4 Å². The smallest absolute Gasteiger partial charge is 0.333 e. The molecule has 3 heteroatoms. The van der Waals surface area contributed by atoms with Crippen molar-refractivity contribution in [3.05, 3.63) is 12.2 Å². The largest absolute Gasteiger partial charge is 0.462 e. The van der Waals surface area contributed by atoms with Gasteiger partial charge >= 0.3 is 5.97 Å². The summed E-state index contributed by atoms with van der Waals surface area (Å²) in [5, 5.41) is 0. The molecule has 0 aliphatic heterocycles. The maximum atomic E-state index is 11.5. The first-order valence-electron chi connectivity index (χ1n) is 9.63. The molecule has 0 N–H and O–H groups in total. The minimum absolute atomic E-state index is 0.260. The van der Waals surface area contributed by atoms with Crippen LogP contribution in [0.25, 0.3) is 0 Å². The van der Waals surface area contributed by atoms with Crippen LogP contribution in [0.15, 0.2) is 12.2 Å². The predicted octanol–water partition coefficient (Wildman–Crippen LogP) is 5.35. The standard InChI is InChI=1S/C20H39NO2/c1-6-9-10-11-12-13-19(21(15-7-2)16-8-3)14-17-23-20(22)18(4)5/h19H,4,6-17H2,1-3,5H3. The summed E-state index contributed by atoms with van der Waals surface area (Å²) in [5.41, 5.74) is 0.486. The van der Waals surface area contributed by atoms with Crippen LogP contribution in [0.4, 0.5) is 0 Å². The maximum Gasteiger partial charge on any atom is 0.333 e. The first-order valence-corrected chi connectivity index (χ1v) is 9.63. The summed E-state index contributed by atoms with van der Waals surface area (Å²) in [6, 6.07) is 0.537. The molecule has 0 aromatic heterocycles. The summed E-state index contributed by atoms with van der Waals surface area (Å²) in [4.78, 5) is 14.1. The molecule has 0 spiro atoms. The van der Waals surface area contributed by atoms with E-state index in [0.29, 0.717) is 18.2 Å². The molecule has 23 heavy (non-hydrogen) atoms. The fourth-order valence-electron chi connectivity index (χ4n) is 2.96. The van der Waals surface area contributed by atoms with E-state index in [9.17, 15) is 4.79 Å². The third kappa shape index (κ3) is 11.4. The zero-order valence-corrected chi connectivity index (χ0v) is 16.0. The highest BCUT2D eigenvalue weighted by atomic mass is 16.5. The number of carbonyl (C=O) groups is 1. The fraction of sp³-hybridized carbons (Fsp3) is 0.850. The van der Waals surface area contributed by atoms with Gasteiger partial charge in [0, 0.05) is 11.6 Å². The van der Waals surface area contributed by atoms with Gasteiger partial charge in [0.15, 0.2) is 0 Å². The summed E-state index contributed by atoms with van der Waals surface area (Å²) >= 11 is 0. The molecule has 0 bridgehead atoms. The van der Waals surface area contributed by atoms with E-state index in [1.807, 2.05) is 0 Å². The lowest BCUT2D eigenvalue weighted by Gasteiger charge is -2.31. The van der Waals surface area contributed by atoms with Crippen LogP contribution in [0.2, 0.25) is 0 Å². The van der Waals surface area contributed by atoms with Gasteiger partial charge in [0.2, 0.25) is 0 Å². The number of ether oxygens (including phenoxy) is 1. The molecule has 0 radical (unpaired) electrons. The molecular weight excluding hydrogens is 286 g/mol. The van der Waals surface area contributed by atoms with Crippen molar-refractivity contribution in [1.29, 1.82) is 0 Å². The molecule has 0 aromatic carbocycles. The van der Waals surface area contributed by atoms with Gasteiger partial charge in [0.05, 0.1) is 6.61 Å². The molecule has 136 valence electrons. The Labute approximate surface area is 144 Å². The van der Waals surface area contributed by atoms with Crippen LogP contribution >= 0.6 is 0 Å². The van der Waals surface area contributed by atoms with Crippen molar-refractivity contribution in [2.24, 2.45) is 0 Å². The van der Waals surface area contributed by atoms with Crippen molar-refractivity contribution in [2.75, 3.05) is 19.7 Å². The quantitative estimate of drug-likeness (QED) is 0.231. The lowest BCUT2D eigenvalue weighted by Crippen LogP contribution is -2.37. The summed E-state index contributed by atoms with van der Waals surface area (Å²) in [5.74, 6) is -0.260. The second kappa shape index (κ2) is 14.7. The summed E-state index contributed by atoms with van der Waals surface area (Å²) in [6.45, 7) is 14.9. The van der Waals surface area contributed by atoms with Crippen molar-refractivity contribution >= 4 is 5.97 Å². The number of hydrogen-bond donors (Lipinski definition) is 0. The van der Waals surface area contributed by atoms with Crippen LogP contribution < -0.4 is 0 Å². The van der Waals surface area contributed by atoms with E-state index in [4.69, 9.17) is 4.74 Å². The average Bonchev–Trinajstić information content (AvgIpc) is 2.52. The van der Waals surface area contributed by atoms with Gasteiger partial charge in [0.1, 0.15) is 0 Å². The number of carbonyl (C=O) groups excluding carboxylic acids is 1. The molecule has 0 amide bonds. The highest BCUT2D eigenvalue weighted by Crippen LogP contribution is 2.16. The van der Waals surface area contributed by atoms with Crippen LogP contribution in [0.3, 0.4) is 0 Å². The topological polar surface area (TPSA) is 29.5 Å². The Morgan fingerprint density at radius 2 is 1.57 bits per heavy atom. The Morgan fingerprint density at radius 1 is 0.957 bits per heavy atom. The van der Waals surface area contributed by atoms with Gasteiger partial charge in [-0.2, -0.15) is 0 Å². The zero-order chi connectivity index (χ0) is 17.5. The Bertz CT molecular complexity index is 309. The van der Waals surface area contributed by atoms with E-state index in [0.717, 1.165) is 19.5 Å². The summed E-state index contributed by atoms with van der Waals surface area (Å²) in [7, 11) is 0. The number of unbranched alkanes of at least 4 members (excludes halogenated alkanes) is 4. The molecule has 0 rings (SSSR count). The molecule has 0 heterocycles. The Balaban J connectivity index is 4.38. The Kier molecular flexibility index (Phi) is 14.2. The van der Waals surface area contributed by atoms with Gasteiger partial charge in [0.25, 0.3) is 0 Å². The third-order valence-corrected chi connectivity index (χ3v) is 4.21. The van der Waals surface area contributed by atoms with Crippen LogP contribution in [-0.2, 0) is 9.53 Å². The zero-order valence-electron chi connectivity index (χ0n) is 16.0. The lowest BCUT2D eigenvalue weighted by atomic mass is 10.0. The highest BCUT2D eigenvalue weighted by Gasteiger charge is 2.17. The van der Waals surface area contributed by atoms with Gasteiger partial charge < -0.3 is 9.64 Å². The fourth-order valence-corrected chi connectivity index (χ4v) is 2.96. The Morgan fingerprint density at radius 3 is 2.09 bits per heavy atom. The molecule has 1 unspecified atom stereocenters. The SMILES string of the molecule is C=C(C)C(=O)OCCC(CCCCCCC)N(CCC)CCC. The highest BCUT2D eigenvalue weighted by molar-refractivity contribution is 5.86. The molecule has 0 aliphatic carbocycles. The number of hydrogen-bond acceptors (Lipinski definition) is 3. The van der Waals surface area contributed by atoms with Gasteiger partial charge in [-0.05, 0) is 45.7 Å². The second-order valence-electron chi connectivity index (χ2n) is 6.60. The van der Waals surface area contributed by atoms with Crippen LogP contribution in [-0.4, -0.2) is 36.6 Å². The Hall–Kier alpha value is -0.830. The molecule has 0 aliphatic rings. The van der Waals surface area contributed by atoms with Crippen LogP contribution in [0, 0.1) is 0 Å². The third-order valence-electron chi connectivity index (χ3n) is 4.21. The molecule has 1 atom stereocenters. The molecule has 3 nitrogen and oxygen atoms in total. The van der Waals surface area contributed by atoms with Crippen molar-refractivity contribution in [2.45, 2.75) is 91.5 Å². The van der Waals surface area contributed by atoms with Gasteiger partial charge in [-0.25, -0.2) is 4.79 Å². The predicted molar refractivity (Wildman–Crippen MR) is 99.7 cm³/mol. The minimum Gasteiger partial charge on any atom is -0.462 e. The van der Waals surface area contributed by atoms with Crippen LogP contribution in [0.1, 0.15) is 85.5 Å². The minimum atomic E-state index is -0.260. The molecule has 0 fully saturated rings. The van der Waals surface area contributed by atoms with Crippen molar-refractivity contribution < 1.29 is 9.53 Å². The first kappa shape index (κ1) is 22.2. The molecule has 0 aromatic rings. The molecule has 0 saturated carbocycles. The second-order valence-corrected chi connectivity index (χ2v) is 6.60. The van der Waals surface area contributed by atoms with E-state index >= 15 is 0 Å². The maximum absolute atomic E-state index is 11.5. The normalized spacial score (nSPS) is 12.4. The monoisotopic (exact) mass is 325 g/mol. The van der Waals surface area contributed by atoms with Crippen molar-refractivity contribution in [1.82, 2.24) is 4.90 Å². The lowest BCUT2D eigenvalue weighted by molar-refractivity contribution is -0.139. The molecule has 0 saturated heterocycles. The van der Waals surface area contributed by atoms with Gasteiger partial charge in [-0.3, -0.25) is 0 Å². The number of rotatable bonds is 15. The summed E-state index contributed by atoms with van der Waals surface area (Å²) in [6.07, 6.45) is 11.1. The van der Waals surface area contributed by atoms with Crippen LogP contribution in [0.5, 0.6) is 0 Å². The van der Waals surface area contributed by atoms with E-state index < -0.39 is 0 Å². The van der Waals surface area contributed by atoms with E-state index in [-0.39, 0.29) is 5.97 Å². The van der Waals surface area contributed by atoms with E-state index in [1.54, 1.807) is 6.92 Å². The summed E-state index contributed by atoms with van der Waals surface area (Å²) < 4.78 is 5.32. The van der Waals surface area contributed by atoms with Crippen molar-refractivity contribution in [3.8, 4) is 0 Å². The number of esters is 1. The van der Waals surface area contributed by atoms with E-state index in [2.05, 4.69) is 32.3 Å². The first-order chi connectivity index (χ1) is 11.1. The average molecular weight is 326 g/mol. The number of nitrogens with zero attached hydrogens (tertiary/aromatic N) is 1. The molecular formula is C20H39NO2. The van der Waals surface area contributed by atoms with Gasteiger partial charge in [-0.1, -0.05) is 59.5 Å².